The van der Waals surface area contributed by atoms with Gasteiger partial charge in [-0.25, -0.2) is 0 Å². The van der Waals surface area contributed by atoms with E-state index >= 15 is 0 Å². The van der Waals surface area contributed by atoms with Gasteiger partial charge in [0.25, 0.3) is 0 Å². The number of rotatable bonds is 9. The monoisotopic (exact) mass is 216 g/mol. The molecule has 0 spiro atoms. The molecular formula is C13H28S. The van der Waals surface area contributed by atoms with E-state index in [9.17, 15) is 0 Å². The highest BCUT2D eigenvalue weighted by Gasteiger charge is 2.17. The smallest absolute Gasteiger partial charge is 0.00952 e. The summed E-state index contributed by atoms with van der Waals surface area (Å²) in [5.41, 5.74) is 0. The average Bonchev–Trinajstić information content (AvgIpc) is 2.21. The molecule has 0 aliphatic heterocycles. The Morgan fingerprint density at radius 2 is 1.57 bits per heavy atom. The van der Waals surface area contributed by atoms with E-state index in [0.717, 1.165) is 17.6 Å². The van der Waals surface area contributed by atoms with E-state index in [1.54, 1.807) is 0 Å². The van der Waals surface area contributed by atoms with Crippen LogP contribution in [0, 0.1) is 11.8 Å². The SMILES string of the molecule is CCCCC(CCC)C(CC)CCS. The van der Waals surface area contributed by atoms with Crippen molar-refractivity contribution in [1.82, 2.24) is 0 Å². The van der Waals surface area contributed by atoms with Crippen LogP contribution in [0.4, 0.5) is 0 Å². The van der Waals surface area contributed by atoms with Crippen LogP contribution in [0.3, 0.4) is 0 Å². The van der Waals surface area contributed by atoms with Crippen molar-refractivity contribution >= 4 is 12.6 Å². The number of hydrogen-bond acceptors (Lipinski definition) is 1. The van der Waals surface area contributed by atoms with E-state index in [-0.39, 0.29) is 0 Å². The van der Waals surface area contributed by atoms with Gasteiger partial charge in [-0.15, -0.1) is 0 Å². The summed E-state index contributed by atoms with van der Waals surface area (Å²) in [6, 6.07) is 0. The van der Waals surface area contributed by atoms with Crippen LogP contribution in [0.15, 0.2) is 0 Å². The van der Waals surface area contributed by atoms with Gasteiger partial charge >= 0.3 is 0 Å². The minimum atomic E-state index is 0.930. The zero-order chi connectivity index (χ0) is 10.8. The van der Waals surface area contributed by atoms with Crippen LogP contribution >= 0.6 is 12.6 Å². The number of hydrogen-bond donors (Lipinski definition) is 1. The predicted octanol–water partition coefficient (Wildman–Crippen LogP) is 4.94. The van der Waals surface area contributed by atoms with Crippen molar-refractivity contribution < 1.29 is 0 Å². The Kier molecular flexibility index (Phi) is 10.1. The number of unbranched alkanes of at least 4 members (excludes halogenated alkanes) is 1. The molecule has 0 saturated heterocycles. The molecule has 0 nitrogen and oxygen atoms in total. The highest BCUT2D eigenvalue weighted by molar-refractivity contribution is 7.80. The van der Waals surface area contributed by atoms with Crippen LogP contribution in [0.5, 0.6) is 0 Å². The Morgan fingerprint density at radius 3 is 2.00 bits per heavy atom. The quantitative estimate of drug-likeness (QED) is 0.519. The van der Waals surface area contributed by atoms with Crippen molar-refractivity contribution in [2.45, 2.75) is 65.7 Å². The van der Waals surface area contributed by atoms with Crippen LogP contribution in [-0.4, -0.2) is 5.75 Å². The first-order valence-electron chi connectivity index (χ1n) is 6.40. The van der Waals surface area contributed by atoms with Crippen LogP contribution in [0.1, 0.15) is 65.7 Å². The summed E-state index contributed by atoms with van der Waals surface area (Å²) in [5, 5.41) is 0. The molecule has 1 heteroatoms. The second-order valence-electron chi connectivity index (χ2n) is 4.37. The van der Waals surface area contributed by atoms with Gasteiger partial charge in [-0.2, -0.15) is 12.6 Å². The number of thiol groups is 1. The molecule has 0 aromatic rings. The van der Waals surface area contributed by atoms with Gasteiger partial charge in [0.05, 0.1) is 0 Å². The van der Waals surface area contributed by atoms with Gasteiger partial charge in [0.15, 0.2) is 0 Å². The molecule has 0 heterocycles. The van der Waals surface area contributed by atoms with Gasteiger partial charge in [-0.1, -0.05) is 59.3 Å². The molecule has 0 aromatic carbocycles. The van der Waals surface area contributed by atoms with Crippen molar-refractivity contribution in [3.8, 4) is 0 Å². The van der Waals surface area contributed by atoms with E-state index < -0.39 is 0 Å². The van der Waals surface area contributed by atoms with Gasteiger partial charge in [0.1, 0.15) is 0 Å². The molecule has 2 unspecified atom stereocenters. The normalized spacial score (nSPS) is 15.4. The highest BCUT2D eigenvalue weighted by Crippen LogP contribution is 2.29. The molecule has 0 fully saturated rings. The van der Waals surface area contributed by atoms with Crippen LogP contribution in [-0.2, 0) is 0 Å². The van der Waals surface area contributed by atoms with Crippen LogP contribution < -0.4 is 0 Å². The van der Waals surface area contributed by atoms with Crippen molar-refractivity contribution in [2.75, 3.05) is 5.75 Å². The van der Waals surface area contributed by atoms with Crippen molar-refractivity contribution in [1.29, 1.82) is 0 Å². The minimum absolute atomic E-state index is 0.930. The Labute approximate surface area is 96.3 Å². The molecule has 0 saturated carbocycles. The summed E-state index contributed by atoms with van der Waals surface area (Å²) in [4.78, 5) is 0. The molecule has 0 radical (unpaired) electrons. The first-order chi connectivity index (χ1) is 6.79. The van der Waals surface area contributed by atoms with Crippen molar-refractivity contribution in [3.05, 3.63) is 0 Å². The first-order valence-corrected chi connectivity index (χ1v) is 7.04. The average molecular weight is 216 g/mol. The maximum atomic E-state index is 4.37. The molecule has 0 aliphatic carbocycles. The van der Waals surface area contributed by atoms with E-state index in [2.05, 4.69) is 33.4 Å². The van der Waals surface area contributed by atoms with Gasteiger partial charge in [0.2, 0.25) is 0 Å². The first kappa shape index (κ1) is 14.3. The van der Waals surface area contributed by atoms with Gasteiger partial charge in [-0.05, 0) is 24.0 Å². The minimum Gasteiger partial charge on any atom is -0.179 e. The summed E-state index contributed by atoms with van der Waals surface area (Å²) < 4.78 is 0. The van der Waals surface area contributed by atoms with Crippen LogP contribution in [0.25, 0.3) is 0 Å². The third kappa shape index (κ3) is 5.95. The zero-order valence-corrected chi connectivity index (χ0v) is 11.2. The molecule has 14 heavy (non-hydrogen) atoms. The van der Waals surface area contributed by atoms with Gasteiger partial charge < -0.3 is 0 Å². The molecule has 2 atom stereocenters. The van der Waals surface area contributed by atoms with E-state index in [1.807, 2.05) is 0 Å². The summed E-state index contributed by atoms with van der Waals surface area (Å²) in [5.74, 6) is 2.96. The lowest BCUT2D eigenvalue weighted by Crippen LogP contribution is -2.15. The summed E-state index contributed by atoms with van der Waals surface area (Å²) >= 11 is 4.37. The van der Waals surface area contributed by atoms with E-state index in [1.165, 1.54) is 44.9 Å². The van der Waals surface area contributed by atoms with Crippen LogP contribution in [0.2, 0.25) is 0 Å². The van der Waals surface area contributed by atoms with Gasteiger partial charge in [0, 0.05) is 0 Å². The van der Waals surface area contributed by atoms with Crippen molar-refractivity contribution in [2.24, 2.45) is 11.8 Å². The fraction of sp³-hybridized carbons (Fsp3) is 1.00. The Bertz CT molecular complexity index is 112. The summed E-state index contributed by atoms with van der Waals surface area (Å²) in [6.45, 7) is 6.94. The van der Waals surface area contributed by atoms with Crippen molar-refractivity contribution in [3.63, 3.8) is 0 Å². The van der Waals surface area contributed by atoms with E-state index in [4.69, 9.17) is 0 Å². The lowest BCUT2D eigenvalue weighted by Gasteiger charge is -2.25. The lowest BCUT2D eigenvalue weighted by atomic mass is 9.81. The second kappa shape index (κ2) is 9.89. The second-order valence-corrected chi connectivity index (χ2v) is 4.82. The third-order valence-electron chi connectivity index (χ3n) is 3.28. The molecular weight excluding hydrogens is 188 g/mol. The highest BCUT2D eigenvalue weighted by atomic mass is 32.1. The predicted molar refractivity (Wildman–Crippen MR) is 70.2 cm³/mol. The Hall–Kier alpha value is 0.350. The molecule has 0 bridgehead atoms. The molecule has 0 N–H and O–H groups in total. The molecule has 86 valence electrons. The third-order valence-corrected chi connectivity index (χ3v) is 3.54. The topological polar surface area (TPSA) is 0 Å². The molecule has 0 aromatic heterocycles. The molecule has 0 aliphatic rings. The maximum absolute atomic E-state index is 4.37. The Morgan fingerprint density at radius 1 is 0.857 bits per heavy atom. The summed E-state index contributed by atoms with van der Waals surface area (Å²) in [7, 11) is 0. The standard InChI is InChI=1S/C13H28S/c1-4-7-9-13(8-5-2)12(6-3)10-11-14/h12-14H,4-11H2,1-3H3. The fourth-order valence-electron chi connectivity index (χ4n) is 2.39. The molecule has 0 amide bonds. The van der Waals surface area contributed by atoms with Gasteiger partial charge in [-0.3, -0.25) is 0 Å². The zero-order valence-electron chi connectivity index (χ0n) is 10.3. The summed E-state index contributed by atoms with van der Waals surface area (Å²) in [6.07, 6.45) is 9.62. The van der Waals surface area contributed by atoms with E-state index in [0.29, 0.717) is 0 Å². The lowest BCUT2D eigenvalue weighted by molar-refractivity contribution is 0.271. The fourth-order valence-corrected chi connectivity index (χ4v) is 2.72. The largest absolute Gasteiger partial charge is 0.179 e. The maximum Gasteiger partial charge on any atom is -0.00952 e. The Balaban J connectivity index is 3.97. The molecule has 0 rings (SSSR count).